The molecule has 102 valence electrons. The zero-order valence-corrected chi connectivity index (χ0v) is 13.2. The Morgan fingerprint density at radius 1 is 1.26 bits per heavy atom. The van der Waals surface area contributed by atoms with E-state index >= 15 is 0 Å². The van der Waals surface area contributed by atoms with Crippen LogP contribution in [0.15, 0.2) is 23.6 Å². The van der Waals surface area contributed by atoms with Crippen LogP contribution in [0.1, 0.15) is 18.9 Å². The summed E-state index contributed by atoms with van der Waals surface area (Å²) in [5, 5.41) is 7.72. The number of nitrogens with one attached hydrogen (secondary N) is 1. The summed E-state index contributed by atoms with van der Waals surface area (Å²) in [6, 6.07) is 6.11. The topological polar surface area (TPSA) is 24.9 Å². The SMILES string of the molecule is CC(C)NCCc1nc(-c2ccc(Cl)c(Cl)c2)cs1. The van der Waals surface area contributed by atoms with Crippen molar-refractivity contribution in [3.63, 3.8) is 0 Å². The predicted molar refractivity (Wildman–Crippen MR) is 84.4 cm³/mol. The smallest absolute Gasteiger partial charge is 0.0945 e. The molecule has 1 N–H and O–H groups in total. The number of hydrogen-bond donors (Lipinski definition) is 1. The molecule has 0 bridgehead atoms. The van der Waals surface area contributed by atoms with Crippen molar-refractivity contribution < 1.29 is 0 Å². The third-order valence-electron chi connectivity index (χ3n) is 2.66. The maximum absolute atomic E-state index is 6.02. The van der Waals surface area contributed by atoms with Crippen LogP contribution in [0.2, 0.25) is 10.0 Å². The molecule has 2 nitrogen and oxygen atoms in total. The summed E-state index contributed by atoms with van der Waals surface area (Å²) in [6.45, 7) is 5.23. The van der Waals surface area contributed by atoms with Crippen molar-refractivity contribution >= 4 is 34.5 Å². The van der Waals surface area contributed by atoms with Crippen LogP contribution in [0, 0.1) is 0 Å². The largest absolute Gasteiger partial charge is 0.314 e. The van der Waals surface area contributed by atoms with E-state index in [0.29, 0.717) is 16.1 Å². The van der Waals surface area contributed by atoms with Crippen LogP contribution in [0.3, 0.4) is 0 Å². The maximum atomic E-state index is 6.02. The number of thiazole rings is 1. The van der Waals surface area contributed by atoms with Gasteiger partial charge in [-0.1, -0.05) is 43.1 Å². The molecule has 0 unspecified atom stereocenters. The average molecular weight is 315 g/mol. The minimum absolute atomic E-state index is 0.509. The third kappa shape index (κ3) is 4.18. The van der Waals surface area contributed by atoms with Crippen molar-refractivity contribution in [1.82, 2.24) is 10.3 Å². The van der Waals surface area contributed by atoms with Crippen molar-refractivity contribution in [1.29, 1.82) is 0 Å². The van der Waals surface area contributed by atoms with E-state index in [1.807, 2.05) is 12.1 Å². The van der Waals surface area contributed by atoms with Gasteiger partial charge in [0.05, 0.1) is 20.7 Å². The molecule has 1 aromatic carbocycles. The zero-order valence-electron chi connectivity index (χ0n) is 10.9. The molecule has 1 heterocycles. The van der Waals surface area contributed by atoms with Crippen molar-refractivity contribution in [3.8, 4) is 11.3 Å². The molecule has 1 aromatic heterocycles. The Labute approximate surface area is 127 Å². The van der Waals surface area contributed by atoms with Gasteiger partial charge in [-0.3, -0.25) is 0 Å². The van der Waals surface area contributed by atoms with E-state index in [1.54, 1.807) is 17.4 Å². The molecule has 2 rings (SSSR count). The molecule has 0 amide bonds. The lowest BCUT2D eigenvalue weighted by molar-refractivity contribution is 0.590. The van der Waals surface area contributed by atoms with E-state index in [2.05, 4.69) is 29.5 Å². The number of hydrogen-bond acceptors (Lipinski definition) is 3. The lowest BCUT2D eigenvalue weighted by Gasteiger charge is -2.05. The van der Waals surface area contributed by atoms with Crippen LogP contribution < -0.4 is 5.32 Å². The van der Waals surface area contributed by atoms with Crippen LogP contribution in [0.4, 0.5) is 0 Å². The summed E-state index contributed by atoms with van der Waals surface area (Å²) >= 11 is 13.6. The molecule has 0 atom stereocenters. The van der Waals surface area contributed by atoms with Gasteiger partial charge in [-0.25, -0.2) is 4.98 Å². The van der Waals surface area contributed by atoms with Crippen LogP contribution >= 0.6 is 34.5 Å². The van der Waals surface area contributed by atoms with Crippen LogP contribution in [-0.4, -0.2) is 17.6 Å². The van der Waals surface area contributed by atoms with Gasteiger partial charge in [0.25, 0.3) is 0 Å². The number of nitrogens with zero attached hydrogens (tertiary/aromatic N) is 1. The van der Waals surface area contributed by atoms with Gasteiger partial charge in [-0.05, 0) is 12.1 Å². The predicted octanol–water partition coefficient (Wildman–Crippen LogP) is 4.66. The summed E-state index contributed by atoms with van der Waals surface area (Å²) in [4.78, 5) is 4.62. The number of rotatable bonds is 5. The zero-order chi connectivity index (χ0) is 13.8. The minimum Gasteiger partial charge on any atom is -0.314 e. The van der Waals surface area contributed by atoms with E-state index in [-0.39, 0.29) is 0 Å². The second-order valence-electron chi connectivity index (χ2n) is 4.61. The fraction of sp³-hybridized carbons (Fsp3) is 0.357. The highest BCUT2D eigenvalue weighted by atomic mass is 35.5. The monoisotopic (exact) mass is 314 g/mol. The van der Waals surface area contributed by atoms with Crippen molar-refractivity contribution in [2.24, 2.45) is 0 Å². The number of aromatic nitrogens is 1. The van der Waals surface area contributed by atoms with Gasteiger partial charge in [-0.15, -0.1) is 11.3 Å². The van der Waals surface area contributed by atoms with Gasteiger partial charge in [-0.2, -0.15) is 0 Å². The molecular weight excluding hydrogens is 299 g/mol. The summed E-state index contributed by atoms with van der Waals surface area (Å²) in [5.74, 6) is 0. The maximum Gasteiger partial charge on any atom is 0.0945 e. The Morgan fingerprint density at radius 3 is 2.74 bits per heavy atom. The first-order chi connectivity index (χ1) is 9.06. The van der Waals surface area contributed by atoms with Gasteiger partial charge in [0.15, 0.2) is 0 Å². The standard InChI is InChI=1S/C14H16Cl2N2S/c1-9(2)17-6-5-14-18-13(8-19-14)10-3-4-11(15)12(16)7-10/h3-4,7-9,17H,5-6H2,1-2H3. The fourth-order valence-corrected chi connectivity index (χ4v) is 2.79. The Morgan fingerprint density at radius 2 is 2.05 bits per heavy atom. The van der Waals surface area contributed by atoms with E-state index < -0.39 is 0 Å². The Hall–Kier alpha value is -0.610. The quantitative estimate of drug-likeness (QED) is 0.868. The second kappa shape index (κ2) is 6.71. The van der Waals surface area contributed by atoms with Gasteiger partial charge in [0.2, 0.25) is 0 Å². The van der Waals surface area contributed by atoms with Crippen molar-refractivity contribution in [3.05, 3.63) is 38.6 Å². The van der Waals surface area contributed by atoms with Gasteiger partial charge in [0.1, 0.15) is 0 Å². The molecule has 19 heavy (non-hydrogen) atoms. The van der Waals surface area contributed by atoms with E-state index in [9.17, 15) is 0 Å². The molecule has 5 heteroatoms. The molecule has 0 saturated heterocycles. The first-order valence-electron chi connectivity index (χ1n) is 6.19. The Balaban J connectivity index is 2.05. The van der Waals surface area contributed by atoms with E-state index in [1.165, 1.54) is 0 Å². The van der Waals surface area contributed by atoms with Crippen molar-refractivity contribution in [2.45, 2.75) is 26.3 Å². The van der Waals surface area contributed by atoms with Crippen LogP contribution in [0.25, 0.3) is 11.3 Å². The fourth-order valence-electron chi connectivity index (χ4n) is 1.68. The molecular formula is C14H16Cl2N2S. The van der Waals surface area contributed by atoms with Crippen LogP contribution in [-0.2, 0) is 6.42 Å². The molecule has 0 fully saturated rings. The lowest BCUT2D eigenvalue weighted by atomic mass is 10.2. The molecule has 0 radical (unpaired) electrons. The van der Waals surface area contributed by atoms with E-state index in [4.69, 9.17) is 23.2 Å². The van der Waals surface area contributed by atoms with Crippen LogP contribution in [0.5, 0.6) is 0 Å². The van der Waals surface area contributed by atoms with E-state index in [0.717, 1.165) is 29.2 Å². The number of halogens is 2. The first kappa shape index (κ1) is 14.8. The second-order valence-corrected chi connectivity index (χ2v) is 6.37. The van der Waals surface area contributed by atoms with Gasteiger partial charge < -0.3 is 5.32 Å². The average Bonchev–Trinajstić information content (AvgIpc) is 2.81. The number of benzene rings is 1. The minimum atomic E-state index is 0.509. The van der Waals surface area contributed by atoms with Gasteiger partial charge in [0, 0.05) is 30.0 Å². The summed E-state index contributed by atoms with van der Waals surface area (Å²) in [7, 11) is 0. The highest BCUT2D eigenvalue weighted by molar-refractivity contribution is 7.09. The molecule has 0 saturated carbocycles. The summed E-state index contributed by atoms with van der Waals surface area (Å²) in [5.41, 5.74) is 1.97. The van der Waals surface area contributed by atoms with Gasteiger partial charge >= 0.3 is 0 Å². The molecule has 0 aliphatic rings. The molecule has 0 aliphatic heterocycles. The highest BCUT2D eigenvalue weighted by Gasteiger charge is 2.07. The first-order valence-corrected chi connectivity index (χ1v) is 7.83. The molecule has 2 aromatic rings. The third-order valence-corrected chi connectivity index (χ3v) is 4.31. The summed E-state index contributed by atoms with van der Waals surface area (Å²) in [6.07, 6.45) is 0.949. The van der Waals surface area contributed by atoms with Crippen molar-refractivity contribution in [2.75, 3.05) is 6.54 Å². The highest BCUT2D eigenvalue weighted by Crippen LogP contribution is 2.29. The summed E-state index contributed by atoms with van der Waals surface area (Å²) < 4.78 is 0. The Kier molecular flexibility index (Phi) is 5.22. The normalized spacial score (nSPS) is 11.2. The molecule has 0 spiro atoms. The Bertz CT molecular complexity index is 552. The lowest BCUT2D eigenvalue weighted by Crippen LogP contribution is -2.24. The molecule has 0 aliphatic carbocycles.